The van der Waals surface area contributed by atoms with Crippen molar-refractivity contribution in [3.05, 3.63) is 81.6 Å². The molecule has 0 aliphatic rings. The zero-order valence-corrected chi connectivity index (χ0v) is 11.5. The molecule has 3 nitrogen and oxygen atoms in total. The molecule has 1 heterocycles. The molecule has 3 aromatic rings. The van der Waals surface area contributed by atoms with Gasteiger partial charge in [-0.25, -0.2) is 4.68 Å². The molecule has 20 heavy (non-hydrogen) atoms. The molecule has 0 amide bonds. The Labute approximate surface area is 121 Å². The molecule has 0 unspecified atom stereocenters. The van der Waals surface area contributed by atoms with Crippen LogP contribution in [0.15, 0.2) is 65.5 Å². The van der Waals surface area contributed by atoms with Gasteiger partial charge < -0.3 is 0 Å². The van der Waals surface area contributed by atoms with E-state index in [1.165, 1.54) is 0 Å². The van der Waals surface area contributed by atoms with Crippen LogP contribution in [0.2, 0.25) is 5.02 Å². The standard InChI is InChI=1S/C16H13ClN2O/c17-14-9-5-4-8-13(14)11-19-16(20)10-15(18-19)12-6-2-1-3-7-12/h1-10,18H,11H2. The van der Waals surface area contributed by atoms with Gasteiger partial charge in [-0.1, -0.05) is 60.1 Å². The summed E-state index contributed by atoms with van der Waals surface area (Å²) in [6.07, 6.45) is 0. The Kier molecular flexibility index (Phi) is 3.44. The maximum atomic E-state index is 12.0. The summed E-state index contributed by atoms with van der Waals surface area (Å²) in [6.45, 7) is 0.436. The summed E-state index contributed by atoms with van der Waals surface area (Å²) in [5.41, 5.74) is 2.65. The van der Waals surface area contributed by atoms with E-state index >= 15 is 0 Å². The first kappa shape index (κ1) is 12.8. The van der Waals surface area contributed by atoms with E-state index in [-0.39, 0.29) is 5.56 Å². The highest BCUT2D eigenvalue weighted by Crippen LogP contribution is 2.17. The summed E-state index contributed by atoms with van der Waals surface area (Å²) >= 11 is 6.12. The topological polar surface area (TPSA) is 37.8 Å². The SMILES string of the molecule is O=c1cc(-c2ccccc2)[nH]n1Cc1ccccc1Cl. The maximum absolute atomic E-state index is 12.0. The third-order valence-corrected chi connectivity index (χ3v) is 3.53. The third-order valence-electron chi connectivity index (χ3n) is 3.16. The number of aromatic amines is 1. The molecular weight excluding hydrogens is 272 g/mol. The van der Waals surface area contributed by atoms with E-state index < -0.39 is 0 Å². The molecule has 0 atom stereocenters. The number of hydrogen-bond acceptors (Lipinski definition) is 1. The molecule has 3 rings (SSSR count). The van der Waals surface area contributed by atoms with Gasteiger partial charge in [-0.15, -0.1) is 0 Å². The van der Waals surface area contributed by atoms with Crippen LogP contribution >= 0.6 is 11.6 Å². The number of halogens is 1. The fourth-order valence-corrected chi connectivity index (χ4v) is 2.31. The van der Waals surface area contributed by atoms with E-state index in [4.69, 9.17) is 11.6 Å². The lowest BCUT2D eigenvalue weighted by atomic mass is 10.2. The Hall–Kier alpha value is -2.26. The average Bonchev–Trinajstić information content (AvgIpc) is 2.84. The highest BCUT2D eigenvalue weighted by Gasteiger charge is 2.07. The van der Waals surface area contributed by atoms with Crippen LogP contribution in [-0.4, -0.2) is 9.78 Å². The average molecular weight is 285 g/mol. The van der Waals surface area contributed by atoms with Gasteiger partial charge in [-0.05, 0) is 17.2 Å². The lowest BCUT2D eigenvalue weighted by Gasteiger charge is -2.04. The van der Waals surface area contributed by atoms with Crippen molar-refractivity contribution >= 4 is 11.6 Å². The zero-order chi connectivity index (χ0) is 13.9. The van der Waals surface area contributed by atoms with Crippen molar-refractivity contribution < 1.29 is 0 Å². The summed E-state index contributed by atoms with van der Waals surface area (Å²) < 4.78 is 1.56. The predicted molar refractivity (Wildman–Crippen MR) is 81.0 cm³/mol. The summed E-state index contributed by atoms with van der Waals surface area (Å²) in [6, 6.07) is 18.9. The van der Waals surface area contributed by atoms with Crippen molar-refractivity contribution in [2.24, 2.45) is 0 Å². The fraction of sp³-hybridized carbons (Fsp3) is 0.0625. The molecule has 0 saturated carbocycles. The van der Waals surface area contributed by atoms with Crippen LogP contribution in [-0.2, 0) is 6.54 Å². The summed E-state index contributed by atoms with van der Waals surface area (Å²) in [7, 11) is 0. The first-order valence-electron chi connectivity index (χ1n) is 6.33. The first-order valence-corrected chi connectivity index (χ1v) is 6.70. The van der Waals surface area contributed by atoms with E-state index in [9.17, 15) is 4.79 Å². The number of benzene rings is 2. The Bertz CT molecular complexity index is 774. The molecule has 4 heteroatoms. The molecule has 1 aromatic heterocycles. The van der Waals surface area contributed by atoms with Crippen molar-refractivity contribution in [2.45, 2.75) is 6.54 Å². The minimum Gasteiger partial charge on any atom is -0.295 e. The van der Waals surface area contributed by atoms with Crippen molar-refractivity contribution in [1.29, 1.82) is 0 Å². The molecular formula is C16H13ClN2O. The van der Waals surface area contributed by atoms with E-state index in [1.807, 2.05) is 54.6 Å². The highest BCUT2D eigenvalue weighted by atomic mass is 35.5. The van der Waals surface area contributed by atoms with E-state index in [2.05, 4.69) is 5.10 Å². The summed E-state index contributed by atoms with van der Waals surface area (Å²) in [5, 5.41) is 3.78. The molecule has 0 bridgehead atoms. The van der Waals surface area contributed by atoms with Crippen LogP contribution in [0.4, 0.5) is 0 Å². The summed E-state index contributed by atoms with van der Waals surface area (Å²) in [5.74, 6) is 0. The lowest BCUT2D eigenvalue weighted by molar-refractivity contribution is 0.666. The molecule has 0 radical (unpaired) electrons. The van der Waals surface area contributed by atoms with Crippen LogP contribution in [0.5, 0.6) is 0 Å². The second kappa shape index (κ2) is 5.39. The lowest BCUT2D eigenvalue weighted by Crippen LogP contribution is -2.16. The molecule has 2 aromatic carbocycles. The minimum absolute atomic E-state index is 0.0660. The van der Waals surface area contributed by atoms with Crippen LogP contribution in [0, 0.1) is 0 Å². The van der Waals surface area contributed by atoms with Gasteiger partial charge in [-0.2, -0.15) is 0 Å². The number of aromatic nitrogens is 2. The highest BCUT2D eigenvalue weighted by molar-refractivity contribution is 6.31. The first-order chi connectivity index (χ1) is 9.74. The zero-order valence-electron chi connectivity index (χ0n) is 10.7. The smallest absolute Gasteiger partial charge is 0.267 e. The van der Waals surface area contributed by atoms with Gasteiger partial charge in [0.1, 0.15) is 0 Å². The Balaban J connectivity index is 1.95. The van der Waals surface area contributed by atoms with Crippen LogP contribution < -0.4 is 5.56 Å². The van der Waals surface area contributed by atoms with Crippen LogP contribution in [0.25, 0.3) is 11.3 Å². The largest absolute Gasteiger partial charge is 0.295 e. The molecule has 0 fully saturated rings. The number of rotatable bonds is 3. The second-order valence-electron chi connectivity index (χ2n) is 4.55. The number of H-pyrrole nitrogens is 1. The quantitative estimate of drug-likeness (QED) is 0.785. The number of nitrogens with zero attached hydrogens (tertiary/aromatic N) is 1. The molecule has 0 saturated heterocycles. The molecule has 0 spiro atoms. The van der Waals surface area contributed by atoms with Crippen molar-refractivity contribution in [1.82, 2.24) is 9.78 Å². The second-order valence-corrected chi connectivity index (χ2v) is 4.96. The Morgan fingerprint density at radius 2 is 1.70 bits per heavy atom. The molecule has 1 N–H and O–H groups in total. The number of nitrogens with one attached hydrogen (secondary N) is 1. The molecule has 0 aliphatic heterocycles. The van der Waals surface area contributed by atoms with Gasteiger partial charge >= 0.3 is 0 Å². The van der Waals surface area contributed by atoms with Crippen LogP contribution in [0.1, 0.15) is 5.56 Å². The monoisotopic (exact) mass is 284 g/mol. The van der Waals surface area contributed by atoms with Gasteiger partial charge in [0, 0.05) is 11.1 Å². The number of hydrogen-bond donors (Lipinski definition) is 1. The van der Waals surface area contributed by atoms with Crippen molar-refractivity contribution in [3.8, 4) is 11.3 Å². The van der Waals surface area contributed by atoms with Gasteiger partial charge in [0.2, 0.25) is 0 Å². The molecule has 0 aliphatic carbocycles. The van der Waals surface area contributed by atoms with Gasteiger partial charge in [-0.3, -0.25) is 9.89 Å². The predicted octanol–water partition coefficient (Wildman–Crippen LogP) is 3.55. The van der Waals surface area contributed by atoms with Gasteiger partial charge in [0.15, 0.2) is 0 Å². The van der Waals surface area contributed by atoms with E-state index in [0.29, 0.717) is 11.6 Å². The third kappa shape index (κ3) is 2.53. The summed E-state index contributed by atoms with van der Waals surface area (Å²) in [4.78, 5) is 12.0. The molecule has 100 valence electrons. The Morgan fingerprint density at radius 1 is 1.00 bits per heavy atom. The fourth-order valence-electron chi connectivity index (χ4n) is 2.11. The minimum atomic E-state index is -0.0660. The normalized spacial score (nSPS) is 10.7. The van der Waals surface area contributed by atoms with Crippen molar-refractivity contribution in [3.63, 3.8) is 0 Å². The Morgan fingerprint density at radius 3 is 2.45 bits per heavy atom. The van der Waals surface area contributed by atoms with Gasteiger partial charge in [0.05, 0.1) is 12.2 Å². The van der Waals surface area contributed by atoms with E-state index in [1.54, 1.807) is 10.7 Å². The van der Waals surface area contributed by atoms with Crippen molar-refractivity contribution in [2.75, 3.05) is 0 Å². The van der Waals surface area contributed by atoms with Crippen LogP contribution in [0.3, 0.4) is 0 Å². The van der Waals surface area contributed by atoms with Gasteiger partial charge in [0.25, 0.3) is 5.56 Å². The maximum Gasteiger partial charge on any atom is 0.267 e. The van der Waals surface area contributed by atoms with E-state index in [0.717, 1.165) is 16.8 Å².